The van der Waals surface area contributed by atoms with E-state index in [1.807, 2.05) is 6.07 Å². The molecule has 1 aromatic carbocycles. The molecule has 80 valence electrons. The molecule has 0 aliphatic heterocycles. The van der Waals surface area contributed by atoms with Crippen LogP contribution in [0.5, 0.6) is 0 Å². The molecule has 0 nitrogen and oxygen atoms in total. The SMILES string of the molecule is C=C1CCC(c2ccc(F)cc2Br)CC1. The third-order valence-electron chi connectivity index (χ3n) is 3.10. The lowest BCUT2D eigenvalue weighted by atomic mass is 9.82. The van der Waals surface area contributed by atoms with E-state index in [4.69, 9.17) is 0 Å². The van der Waals surface area contributed by atoms with E-state index in [0.29, 0.717) is 5.92 Å². The van der Waals surface area contributed by atoms with Crippen LogP contribution in [0, 0.1) is 5.82 Å². The third kappa shape index (κ3) is 2.49. The average Bonchev–Trinajstić information content (AvgIpc) is 2.20. The van der Waals surface area contributed by atoms with Crippen molar-refractivity contribution >= 4 is 15.9 Å². The summed E-state index contributed by atoms with van der Waals surface area (Å²) in [7, 11) is 0. The first-order chi connectivity index (χ1) is 7.16. The van der Waals surface area contributed by atoms with Gasteiger partial charge in [-0.2, -0.15) is 0 Å². The lowest BCUT2D eigenvalue weighted by Crippen LogP contribution is -2.06. The highest BCUT2D eigenvalue weighted by molar-refractivity contribution is 9.10. The van der Waals surface area contributed by atoms with Gasteiger partial charge in [0.2, 0.25) is 0 Å². The maximum absolute atomic E-state index is 12.9. The van der Waals surface area contributed by atoms with Crippen LogP contribution in [0.2, 0.25) is 0 Å². The first-order valence-electron chi connectivity index (χ1n) is 5.28. The second-order valence-corrected chi connectivity index (χ2v) is 5.04. The number of hydrogen-bond donors (Lipinski definition) is 0. The van der Waals surface area contributed by atoms with Crippen LogP contribution in [0.15, 0.2) is 34.8 Å². The van der Waals surface area contributed by atoms with Gasteiger partial charge in [-0.15, -0.1) is 0 Å². The van der Waals surface area contributed by atoms with Crippen molar-refractivity contribution in [1.82, 2.24) is 0 Å². The molecular formula is C13H14BrF. The van der Waals surface area contributed by atoms with Gasteiger partial charge >= 0.3 is 0 Å². The van der Waals surface area contributed by atoms with Gasteiger partial charge in [0.05, 0.1) is 0 Å². The van der Waals surface area contributed by atoms with E-state index in [-0.39, 0.29) is 5.82 Å². The molecule has 0 unspecified atom stereocenters. The highest BCUT2D eigenvalue weighted by Crippen LogP contribution is 2.37. The molecule has 0 atom stereocenters. The van der Waals surface area contributed by atoms with Crippen LogP contribution in [0.4, 0.5) is 4.39 Å². The first kappa shape index (κ1) is 10.9. The van der Waals surface area contributed by atoms with E-state index >= 15 is 0 Å². The molecule has 0 radical (unpaired) electrons. The minimum absolute atomic E-state index is 0.175. The number of rotatable bonds is 1. The molecule has 1 aromatic rings. The fraction of sp³-hybridized carbons (Fsp3) is 0.385. The molecule has 0 amide bonds. The number of allylic oxidation sites excluding steroid dienone is 1. The van der Waals surface area contributed by atoms with E-state index < -0.39 is 0 Å². The van der Waals surface area contributed by atoms with Crippen LogP contribution in [0.3, 0.4) is 0 Å². The van der Waals surface area contributed by atoms with Gasteiger partial charge in [-0.1, -0.05) is 34.1 Å². The minimum Gasteiger partial charge on any atom is -0.207 e. The summed E-state index contributed by atoms with van der Waals surface area (Å²) in [5.41, 5.74) is 2.59. The van der Waals surface area contributed by atoms with E-state index in [2.05, 4.69) is 22.5 Å². The van der Waals surface area contributed by atoms with Crippen molar-refractivity contribution in [3.05, 3.63) is 46.2 Å². The fourth-order valence-corrected chi connectivity index (χ4v) is 2.84. The summed E-state index contributed by atoms with van der Waals surface area (Å²) in [5.74, 6) is 0.385. The predicted octanol–water partition coefficient (Wildman–Crippen LogP) is 4.80. The zero-order chi connectivity index (χ0) is 10.8. The van der Waals surface area contributed by atoms with Gasteiger partial charge < -0.3 is 0 Å². The van der Waals surface area contributed by atoms with Crippen molar-refractivity contribution in [2.45, 2.75) is 31.6 Å². The molecule has 0 saturated heterocycles. The Morgan fingerprint density at radius 3 is 2.53 bits per heavy atom. The van der Waals surface area contributed by atoms with Crippen molar-refractivity contribution in [2.75, 3.05) is 0 Å². The smallest absolute Gasteiger partial charge is 0.124 e. The van der Waals surface area contributed by atoms with Crippen molar-refractivity contribution in [3.63, 3.8) is 0 Å². The van der Waals surface area contributed by atoms with Gasteiger partial charge in [-0.05, 0) is 49.3 Å². The summed E-state index contributed by atoms with van der Waals surface area (Å²) in [6, 6.07) is 5.00. The minimum atomic E-state index is -0.175. The number of hydrogen-bond acceptors (Lipinski definition) is 0. The average molecular weight is 269 g/mol. The summed E-state index contributed by atoms with van der Waals surface area (Å²) in [6.45, 7) is 4.01. The van der Waals surface area contributed by atoms with Crippen molar-refractivity contribution < 1.29 is 4.39 Å². The zero-order valence-corrected chi connectivity index (χ0v) is 10.2. The zero-order valence-electron chi connectivity index (χ0n) is 8.60. The Morgan fingerprint density at radius 2 is 1.93 bits per heavy atom. The Hall–Kier alpha value is -0.630. The van der Waals surface area contributed by atoms with Crippen molar-refractivity contribution in [2.24, 2.45) is 0 Å². The second kappa shape index (κ2) is 4.48. The second-order valence-electron chi connectivity index (χ2n) is 4.19. The molecule has 0 spiro atoms. The van der Waals surface area contributed by atoms with Gasteiger partial charge in [-0.25, -0.2) is 4.39 Å². The Balaban J connectivity index is 2.19. The molecule has 15 heavy (non-hydrogen) atoms. The van der Waals surface area contributed by atoms with Crippen LogP contribution in [0.25, 0.3) is 0 Å². The maximum Gasteiger partial charge on any atom is 0.124 e. The largest absolute Gasteiger partial charge is 0.207 e. The fourth-order valence-electron chi connectivity index (χ4n) is 2.17. The molecular weight excluding hydrogens is 255 g/mol. The third-order valence-corrected chi connectivity index (χ3v) is 3.78. The molecule has 0 N–H and O–H groups in total. The van der Waals surface area contributed by atoms with Gasteiger partial charge in [0, 0.05) is 4.47 Å². The van der Waals surface area contributed by atoms with Crippen molar-refractivity contribution in [3.8, 4) is 0 Å². The van der Waals surface area contributed by atoms with Crippen LogP contribution in [-0.2, 0) is 0 Å². The summed E-state index contributed by atoms with van der Waals surface area (Å²) in [4.78, 5) is 0. The summed E-state index contributed by atoms with van der Waals surface area (Å²) in [5, 5.41) is 0. The Kier molecular flexibility index (Phi) is 3.25. The summed E-state index contributed by atoms with van der Waals surface area (Å²) >= 11 is 3.44. The monoisotopic (exact) mass is 268 g/mol. The Morgan fingerprint density at radius 1 is 1.27 bits per heavy atom. The lowest BCUT2D eigenvalue weighted by molar-refractivity contribution is 0.515. The topological polar surface area (TPSA) is 0 Å². The molecule has 1 saturated carbocycles. The summed E-state index contributed by atoms with van der Waals surface area (Å²) < 4.78 is 13.8. The van der Waals surface area contributed by atoms with E-state index in [1.165, 1.54) is 11.1 Å². The van der Waals surface area contributed by atoms with E-state index in [9.17, 15) is 4.39 Å². The molecule has 0 heterocycles. The molecule has 1 aliphatic rings. The number of benzene rings is 1. The lowest BCUT2D eigenvalue weighted by Gasteiger charge is -2.24. The van der Waals surface area contributed by atoms with Crippen LogP contribution < -0.4 is 0 Å². The van der Waals surface area contributed by atoms with Crippen molar-refractivity contribution in [1.29, 1.82) is 0 Å². The van der Waals surface area contributed by atoms with Gasteiger partial charge in [0.25, 0.3) is 0 Å². The molecule has 0 bridgehead atoms. The predicted molar refractivity (Wildman–Crippen MR) is 64.4 cm³/mol. The normalized spacial score (nSPS) is 18.1. The molecule has 2 heteroatoms. The van der Waals surface area contributed by atoms with Crippen LogP contribution in [-0.4, -0.2) is 0 Å². The van der Waals surface area contributed by atoms with Gasteiger partial charge in [0.15, 0.2) is 0 Å². The molecule has 1 fully saturated rings. The van der Waals surface area contributed by atoms with Gasteiger partial charge in [0.1, 0.15) is 5.82 Å². The number of halogens is 2. The van der Waals surface area contributed by atoms with Crippen LogP contribution >= 0.6 is 15.9 Å². The first-order valence-corrected chi connectivity index (χ1v) is 6.07. The Labute approximate surface area is 98.3 Å². The Bertz CT molecular complexity index is 374. The van der Waals surface area contributed by atoms with Gasteiger partial charge in [-0.3, -0.25) is 0 Å². The molecule has 0 aromatic heterocycles. The molecule has 2 rings (SSSR count). The highest BCUT2D eigenvalue weighted by atomic mass is 79.9. The quantitative estimate of drug-likeness (QED) is 0.642. The summed E-state index contributed by atoms with van der Waals surface area (Å²) in [6.07, 6.45) is 4.50. The standard InChI is InChI=1S/C13H14BrF/c1-9-2-4-10(5-3-9)12-7-6-11(15)8-13(12)14/h6-8,10H,1-5H2. The van der Waals surface area contributed by atoms with E-state index in [0.717, 1.165) is 30.2 Å². The highest BCUT2D eigenvalue weighted by Gasteiger charge is 2.19. The van der Waals surface area contributed by atoms with E-state index in [1.54, 1.807) is 12.1 Å². The molecule has 1 aliphatic carbocycles. The maximum atomic E-state index is 12.9. The van der Waals surface area contributed by atoms with Crippen LogP contribution in [0.1, 0.15) is 37.2 Å².